The highest BCUT2D eigenvalue weighted by atomic mass is 16.9. The molecule has 9 heteroatoms. The number of fused-ring (bicyclic) bond motifs is 1. The van der Waals surface area contributed by atoms with Crippen molar-refractivity contribution in [3.8, 4) is 5.75 Å². The number of ether oxygens (including phenoxy) is 3. The average Bonchev–Trinajstić information content (AvgIpc) is 2.70. The Labute approximate surface area is 161 Å². The van der Waals surface area contributed by atoms with E-state index in [1.54, 1.807) is 14.0 Å². The molecule has 0 heterocycles. The lowest BCUT2D eigenvalue weighted by molar-refractivity contribution is -0.757. The van der Waals surface area contributed by atoms with Crippen molar-refractivity contribution in [3.05, 3.63) is 52.1 Å². The predicted octanol–water partition coefficient (Wildman–Crippen LogP) is 2.64. The normalized spacial score (nSPS) is 11.5. The minimum atomic E-state index is -0.922. The topological polar surface area (TPSA) is 114 Å². The molecule has 0 saturated heterocycles. The molecule has 0 spiro atoms. The molecule has 0 amide bonds. The lowest BCUT2D eigenvalue weighted by Crippen LogP contribution is -2.20. The quantitative estimate of drug-likeness (QED) is 0.263. The standard InChI is InChI=1S/C19H21NO8/c1-13(14-4-5-16-11-17(25-2)7-6-15(16)10-14)19(22)27-12-18(21)26-8-3-9-28-20(23)24/h4-7,10-11,13H,3,8-9,12H2,1-2H3. The third-order valence-corrected chi connectivity index (χ3v) is 4.01. The minimum absolute atomic E-state index is 0.0616. The van der Waals surface area contributed by atoms with Crippen molar-refractivity contribution in [2.45, 2.75) is 19.3 Å². The van der Waals surface area contributed by atoms with Crippen LogP contribution in [0.1, 0.15) is 24.8 Å². The van der Waals surface area contributed by atoms with Gasteiger partial charge in [0, 0.05) is 6.42 Å². The number of rotatable bonds is 10. The number of methoxy groups -OCH3 is 1. The molecule has 0 saturated carbocycles. The van der Waals surface area contributed by atoms with E-state index in [0.29, 0.717) is 0 Å². The van der Waals surface area contributed by atoms with Gasteiger partial charge < -0.3 is 19.0 Å². The zero-order valence-corrected chi connectivity index (χ0v) is 15.6. The number of hydrogen-bond acceptors (Lipinski definition) is 8. The molecule has 0 fully saturated rings. The van der Waals surface area contributed by atoms with Gasteiger partial charge >= 0.3 is 11.9 Å². The van der Waals surface area contributed by atoms with Gasteiger partial charge in [0.25, 0.3) is 5.09 Å². The number of carbonyl (C=O) groups excluding carboxylic acids is 2. The third kappa shape index (κ3) is 6.11. The highest BCUT2D eigenvalue weighted by Crippen LogP contribution is 2.25. The summed E-state index contributed by atoms with van der Waals surface area (Å²) in [5, 5.41) is 11.0. The van der Waals surface area contributed by atoms with Crippen molar-refractivity contribution in [2.75, 3.05) is 26.9 Å². The number of carbonyl (C=O) groups is 2. The fraction of sp³-hybridized carbons (Fsp3) is 0.368. The molecular formula is C19H21NO8. The lowest BCUT2D eigenvalue weighted by atomic mass is 9.98. The molecule has 1 atom stereocenters. The van der Waals surface area contributed by atoms with Crippen LogP contribution in [-0.4, -0.2) is 44.0 Å². The molecule has 0 aliphatic heterocycles. The van der Waals surface area contributed by atoms with E-state index < -0.39 is 29.6 Å². The molecule has 0 aliphatic carbocycles. The Morgan fingerprint density at radius 1 is 1.07 bits per heavy atom. The first-order chi connectivity index (χ1) is 13.4. The van der Waals surface area contributed by atoms with Gasteiger partial charge in [-0.05, 0) is 35.4 Å². The Morgan fingerprint density at radius 2 is 1.79 bits per heavy atom. The predicted molar refractivity (Wildman–Crippen MR) is 98.4 cm³/mol. The van der Waals surface area contributed by atoms with Crippen molar-refractivity contribution in [3.63, 3.8) is 0 Å². The SMILES string of the molecule is COc1ccc2cc(C(C)C(=O)OCC(=O)OCCCO[N+](=O)[O-])ccc2c1. The molecular weight excluding hydrogens is 370 g/mol. The maximum atomic E-state index is 12.2. The van der Waals surface area contributed by atoms with Crippen molar-refractivity contribution < 1.29 is 33.7 Å². The fourth-order valence-electron chi connectivity index (χ4n) is 2.46. The summed E-state index contributed by atoms with van der Waals surface area (Å²) in [6.45, 7) is 0.927. The summed E-state index contributed by atoms with van der Waals surface area (Å²) >= 11 is 0. The third-order valence-electron chi connectivity index (χ3n) is 4.01. The van der Waals surface area contributed by atoms with E-state index in [1.165, 1.54) is 0 Å². The van der Waals surface area contributed by atoms with Gasteiger partial charge in [0.2, 0.25) is 0 Å². The Bertz CT molecular complexity index is 851. The van der Waals surface area contributed by atoms with Crippen LogP contribution < -0.4 is 4.74 Å². The van der Waals surface area contributed by atoms with Crippen LogP contribution in [0.2, 0.25) is 0 Å². The van der Waals surface area contributed by atoms with E-state index in [2.05, 4.69) is 4.84 Å². The van der Waals surface area contributed by atoms with Crippen LogP contribution in [0.3, 0.4) is 0 Å². The summed E-state index contributed by atoms with van der Waals surface area (Å²) in [7, 11) is 1.60. The Morgan fingerprint density at radius 3 is 2.50 bits per heavy atom. The summed E-state index contributed by atoms with van der Waals surface area (Å²) in [6.07, 6.45) is 0.166. The summed E-state index contributed by atoms with van der Waals surface area (Å²) in [6, 6.07) is 11.2. The highest BCUT2D eigenvalue weighted by Gasteiger charge is 2.19. The molecule has 1 unspecified atom stereocenters. The average molecular weight is 391 g/mol. The summed E-state index contributed by atoms with van der Waals surface area (Å²) in [4.78, 5) is 37.8. The monoisotopic (exact) mass is 391 g/mol. The molecule has 2 aromatic carbocycles. The van der Waals surface area contributed by atoms with E-state index in [4.69, 9.17) is 14.2 Å². The molecule has 9 nitrogen and oxygen atoms in total. The smallest absolute Gasteiger partial charge is 0.344 e. The molecule has 2 rings (SSSR count). The molecule has 0 aromatic heterocycles. The number of benzene rings is 2. The lowest BCUT2D eigenvalue weighted by Gasteiger charge is -2.13. The summed E-state index contributed by atoms with van der Waals surface area (Å²) < 4.78 is 15.0. The zero-order chi connectivity index (χ0) is 20.5. The number of hydrogen-bond donors (Lipinski definition) is 0. The highest BCUT2D eigenvalue weighted by molar-refractivity contribution is 5.87. The van der Waals surface area contributed by atoms with Gasteiger partial charge in [0.15, 0.2) is 6.61 Å². The summed E-state index contributed by atoms with van der Waals surface area (Å²) in [5.74, 6) is -1.10. The molecule has 28 heavy (non-hydrogen) atoms. The van der Waals surface area contributed by atoms with Crippen molar-refractivity contribution >= 4 is 22.7 Å². The zero-order valence-electron chi connectivity index (χ0n) is 15.6. The van der Waals surface area contributed by atoms with Crippen LogP contribution in [0.15, 0.2) is 36.4 Å². The Balaban J connectivity index is 1.82. The second-order valence-corrected chi connectivity index (χ2v) is 5.93. The van der Waals surface area contributed by atoms with Gasteiger partial charge in [-0.1, -0.05) is 24.3 Å². The Hall–Kier alpha value is -3.36. The van der Waals surface area contributed by atoms with Crippen molar-refractivity contribution in [1.82, 2.24) is 0 Å². The van der Waals surface area contributed by atoms with Crippen LogP contribution in [0.5, 0.6) is 5.75 Å². The van der Waals surface area contributed by atoms with E-state index in [-0.39, 0.29) is 19.6 Å². The fourth-order valence-corrected chi connectivity index (χ4v) is 2.46. The first-order valence-corrected chi connectivity index (χ1v) is 8.58. The van der Waals surface area contributed by atoms with Crippen LogP contribution in [0.4, 0.5) is 0 Å². The molecule has 0 radical (unpaired) electrons. The van der Waals surface area contributed by atoms with Gasteiger partial charge in [-0.2, -0.15) is 0 Å². The van der Waals surface area contributed by atoms with Gasteiger partial charge in [-0.15, -0.1) is 10.1 Å². The molecule has 150 valence electrons. The number of esters is 2. The maximum absolute atomic E-state index is 12.2. The maximum Gasteiger partial charge on any atom is 0.344 e. The largest absolute Gasteiger partial charge is 0.497 e. The van der Waals surface area contributed by atoms with Crippen LogP contribution in [-0.2, 0) is 23.9 Å². The van der Waals surface area contributed by atoms with Gasteiger partial charge in [0.1, 0.15) is 5.75 Å². The van der Waals surface area contributed by atoms with Gasteiger partial charge in [-0.25, -0.2) is 4.79 Å². The van der Waals surface area contributed by atoms with Crippen LogP contribution >= 0.6 is 0 Å². The van der Waals surface area contributed by atoms with E-state index in [9.17, 15) is 19.7 Å². The second-order valence-electron chi connectivity index (χ2n) is 5.93. The van der Waals surface area contributed by atoms with Crippen LogP contribution in [0.25, 0.3) is 10.8 Å². The van der Waals surface area contributed by atoms with E-state index in [0.717, 1.165) is 22.1 Å². The minimum Gasteiger partial charge on any atom is -0.497 e. The molecule has 0 aliphatic rings. The van der Waals surface area contributed by atoms with E-state index in [1.807, 2.05) is 36.4 Å². The molecule has 2 aromatic rings. The van der Waals surface area contributed by atoms with Gasteiger partial charge in [0.05, 0.1) is 26.2 Å². The molecule has 0 bridgehead atoms. The van der Waals surface area contributed by atoms with Crippen molar-refractivity contribution in [2.24, 2.45) is 0 Å². The Kier molecular flexibility index (Phi) is 7.55. The van der Waals surface area contributed by atoms with E-state index >= 15 is 0 Å². The summed E-state index contributed by atoms with van der Waals surface area (Å²) in [5.41, 5.74) is 0.757. The molecule has 0 N–H and O–H groups in total. The first kappa shape index (κ1) is 20.9. The van der Waals surface area contributed by atoms with Gasteiger partial charge in [-0.3, -0.25) is 4.79 Å². The van der Waals surface area contributed by atoms with Crippen molar-refractivity contribution in [1.29, 1.82) is 0 Å². The second kappa shape index (κ2) is 10.1. The number of nitrogens with zero attached hydrogens (tertiary/aromatic N) is 1. The first-order valence-electron chi connectivity index (χ1n) is 8.58. The van der Waals surface area contributed by atoms with Crippen LogP contribution in [0, 0.1) is 10.1 Å².